The molecule has 17 heavy (non-hydrogen) atoms. The van der Waals surface area contributed by atoms with E-state index in [1.54, 1.807) is 6.92 Å². The number of thiol groups is 1. The Hall–Kier alpha value is -0.390. The Balaban J connectivity index is 0.000000373. The van der Waals surface area contributed by atoms with Crippen LogP contribution in [0.25, 0.3) is 5.78 Å². The second-order valence-electron chi connectivity index (χ2n) is 2.68. The van der Waals surface area contributed by atoms with Gasteiger partial charge in [-0.2, -0.15) is 23.0 Å². The second-order valence-corrected chi connectivity index (χ2v) is 4.96. The molecule has 2 rings (SSSR count). The van der Waals surface area contributed by atoms with E-state index in [0.29, 0.717) is 5.78 Å². The molecule has 0 spiro atoms. The van der Waals surface area contributed by atoms with Crippen LogP contribution in [-0.2, 0) is 9.15 Å². The van der Waals surface area contributed by atoms with E-state index >= 15 is 0 Å². The topological polar surface area (TPSA) is 118 Å². The first kappa shape index (κ1) is 16.6. The molecular formula is C6H9N4NaO4S2. The van der Waals surface area contributed by atoms with Crippen molar-refractivity contribution in [2.45, 2.75) is 6.92 Å². The van der Waals surface area contributed by atoms with Crippen molar-refractivity contribution in [3.63, 3.8) is 0 Å². The van der Waals surface area contributed by atoms with Crippen LogP contribution in [0.5, 0.6) is 5.88 Å². The number of nitrogens with zero attached hydrogens (tertiary/aromatic N) is 4. The normalized spacial score (nSPS) is 10.3. The Morgan fingerprint density at radius 3 is 2.53 bits per heavy atom. The van der Waals surface area contributed by atoms with Crippen LogP contribution in [0.3, 0.4) is 0 Å². The van der Waals surface area contributed by atoms with Crippen molar-refractivity contribution < 1.29 is 18.1 Å². The van der Waals surface area contributed by atoms with Crippen LogP contribution < -0.4 is 0 Å². The predicted octanol–water partition coefficient (Wildman–Crippen LogP) is -0.791. The van der Waals surface area contributed by atoms with Gasteiger partial charge in [-0.3, -0.25) is 4.55 Å². The number of hydrogen-bond acceptors (Lipinski definition) is 6. The van der Waals surface area contributed by atoms with Crippen LogP contribution in [-0.4, -0.2) is 67.2 Å². The van der Waals surface area contributed by atoms with Crippen molar-refractivity contribution in [2.24, 2.45) is 0 Å². The molecule has 90 valence electrons. The van der Waals surface area contributed by atoms with Crippen molar-refractivity contribution in [3.8, 4) is 5.88 Å². The molecule has 0 saturated heterocycles. The summed E-state index contributed by atoms with van der Waals surface area (Å²) in [5, 5.41) is 13.0. The maximum absolute atomic E-state index is 9.26. The Kier molecular flexibility index (Phi) is 6.37. The van der Waals surface area contributed by atoms with E-state index in [9.17, 15) is 5.11 Å². The van der Waals surface area contributed by atoms with Gasteiger partial charge in [0.1, 0.15) is 6.33 Å². The molecular weight excluding hydrogens is 279 g/mol. The minimum absolute atomic E-state index is 0. The third kappa shape index (κ3) is 6.19. The molecule has 11 heteroatoms. The van der Waals surface area contributed by atoms with E-state index in [1.807, 2.05) is 0 Å². The van der Waals surface area contributed by atoms with Gasteiger partial charge in [-0.25, -0.2) is 4.98 Å². The molecule has 2 aromatic rings. The van der Waals surface area contributed by atoms with Crippen molar-refractivity contribution >= 4 is 56.1 Å². The van der Waals surface area contributed by atoms with Crippen molar-refractivity contribution in [1.29, 1.82) is 0 Å². The number of hydrogen-bond donors (Lipinski definition) is 3. The van der Waals surface area contributed by atoms with Crippen molar-refractivity contribution in [2.75, 3.05) is 0 Å². The van der Waals surface area contributed by atoms with E-state index in [0.717, 1.165) is 5.69 Å². The molecule has 2 heterocycles. The third-order valence-electron chi connectivity index (χ3n) is 1.36. The summed E-state index contributed by atoms with van der Waals surface area (Å²) >= 11 is 2.65. The summed E-state index contributed by atoms with van der Waals surface area (Å²) in [6.07, 6.45) is 1.35. The summed E-state index contributed by atoms with van der Waals surface area (Å²) < 4.78 is 26.7. The molecule has 0 aromatic carbocycles. The molecule has 0 atom stereocenters. The summed E-state index contributed by atoms with van der Waals surface area (Å²) in [6.45, 7) is 1.79. The Morgan fingerprint density at radius 2 is 2.00 bits per heavy atom. The molecule has 0 aliphatic carbocycles. The summed E-state index contributed by atoms with van der Waals surface area (Å²) in [5.41, 5.74) is 0.725. The zero-order valence-corrected chi connectivity index (χ0v) is 9.72. The Labute approximate surface area is 124 Å². The summed E-state index contributed by atoms with van der Waals surface area (Å²) in [6, 6.07) is 1.53. The van der Waals surface area contributed by atoms with Gasteiger partial charge in [0.15, 0.2) is 0 Å². The van der Waals surface area contributed by atoms with Crippen LogP contribution >= 0.6 is 11.7 Å². The van der Waals surface area contributed by atoms with Gasteiger partial charge in [0, 0.05) is 11.8 Å². The van der Waals surface area contributed by atoms with Gasteiger partial charge < -0.3 is 5.11 Å². The molecule has 8 nitrogen and oxygen atoms in total. The summed E-state index contributed by atoms with van der Waals surface area (Å²) in [5.74, 6) is 0.479. The molecule has 0 radical (unpaired) electrons. The predicted molar refractivity (Wildman–Crippen MR) is 64.9 cm³/mol. The van der Waals surface area contributed by atoms with Crippen LogP contribution in [0.1, 0.15) is 5.69 Å². The maximum atomic E-state index is 9.26. The quantitative estimate of drug-likeness (QED) is 0.251. The summed E-state index contributed by atoms with van der Waals surface area (Å²) in [7, 11) is -3.97. The van der Waals surface area contributed by atoms with E-state index in [2.05, 4.69) is 26.7 Å². The number of aromatic nitrogens is 4. The van der Waals surface area contributed by atoms with Crippen LogP contribution in [0.15, 0.2) is 12.4 Å². The van der Waals surface area contributed by atoms with Crippen molar-refractivity contribution in [3.05, 3.63) is 18.1 Å². The monoisotopic (exact) mass is 288 g/mol. The molecule has 0 amide bonds. The number of rotatable bonds is 0. The minimum atomic E-state index is -3.97. The zero-order valence-electron chi connectivity index (χ0n) is 8.01. The first-order valence-electron chi connectivity index (χ1n) is 3.83. The molecule has 0 unspecified atom stereocenters. The van der Waals surface area contributed by atoms with E-state index in [1.165, 1.54) is 16.9 Å². The number of aryl methyl sites for hydroxylation is 1. The Bertz CT molecular complexity index is 591. The van der Waals surface area contributed by atoms with Gasteiger partial charge in [0.05, 0.1) is 0 Å². The van der Waals surface area contributed by atoms with Crippen molar-refractivity contribution in [1.82, 2.24) is 19.6 Å². The fourth-order valence-corrected chi connectivity index (χ4v) is 0.911. The third-order valence-corrected chi connectivity index (χ3v) is 1.36. The van der Waals surface area contributed by atoms with Crippen LogP contribution in [0.4, 0.5) is 0 Å². The fourth-order valence-electron chi connectivity index (χ4n) is 0.911. The molecule has 0 saturated carbocycles. The molecule has 2 aromatic heterocycles. The molecule has 0 aliphatic heterocycles. The van der Waals surface area contributed by atoms with Gasteiger partial charge in [0.25, 0.3) is 5.78 Å². The Morgan fingerprint density at radius 1 is 1.47 bits per heavy atom. The van der Waals surface area contributed by atoms with E-state index in [4.69, 9.17) is 13.0 Å². The SMILES string of the molecule is Cc1cc(O)n2ncnc2n1.O=S(=O)(O)S.[NaH]. The number of fused-ring (bicyclic) bond motifs is 1. The van der Waals surface area contributed by atoms with Crippen LogP contribution in [0.2, 0.25) is 0 Å². The van der Waals surface area contributed by atoms with Gasteiger partial charge >= 0.3 is 38.7 Å². The van der Waals surface area contributed by atoms with Gasteiger partial charge in [0.2, 0.25) is 5.88 Å². The first-order valence-corrected chi connectivity index (χ1v) is 6.33. The first-order chi connectivity index (χ1) is 7.27. The van der Waals surface area contributed by atoms with Gasteiger partial charge in [-0.15, -0.1) is 0 Å². The van der Waals surface area contributed by atoms with Gasteiger partial charge in [-0.05, 0) is 18.6 Å². The summed E-state index contributed by atoms with van der Waals surface area (Å²) in [4.78, 5) is 7.85. The zero-order chi connectivity index (χ0) is 12.3. The molecule has 2 N–H and O–H groups in total. The van der Waals surface area contributed by atoms with Gasteiger partial charge in [-0.1, -0.05) is 0 Å². The average molecular weight is 288 g/mol. The van der Waals surface area contributed by atoms with E-state index < -0.39 is 9.15 Å². The molecule has 0 bridgehead atoms. The molecule has 0 fully saturated rings. The number of aromatic hydroxyl groups is 1. The van der Waals surface area contributed by atoms with E-state index in [-0.39, 0.29) is 35.4 Å². The average Bonchev–Trinajstić information content (AvgIpc) is 2.47. The fraction of sp³-hybridized carbons (Fsp3) is 0.167. The molecule has 0 aliphatic rings. The standard InChI is InChI=1S/C6H6N4O.Na.H2O3S2.H/c1-4-2-5(11)10-6(9-4)7-3-8-10;;1-5(2,3)4;/h2-3,11H,1H3;;(H2,1,2,3,4);. The van der Waals surface area contributed by atoms with Crippen LogP contribution in [0, 0.1) is 6.92 Å². The second kappa shape index (κ2) is 6.52.